The molecule has 1 aromatic carbocycles. The van der Waals surface area contributed by atoms with Crippen LogP contribution in [0.4, 0.5) is 0 Å². The highest BCUT2D eigenvalue weighted by Crippen LogP contribution is 2.11. The molecule has 1 aromatic rings. The summed E-state index contributed by atoms with van der Waals surface area (Å²) in [5.41, 5.74) is 1.06. The Morgan fingerprint density at radius 3 is 2.50 bits per heavy atom. The Kier molecular flexibility index (Phi) is 3.35. The van der Waals surface area contributed by atoms with E-state index in [1.54, 1.807) is 13.2 Å². The van der Waals surface area contributed by atoms with Crippen LogP contribution in [-0.2, 0) is 0 Å². The third-order valence-electron chi connectivity index (χ3n) is 1.53. The number of aliphatic hydroxyl groups is 1. The van der Waals surface area contributed by atoms with E-state index in [0.29, 0.717) is 0 Å². The van der Waals surface area contributed by atoms with Crippen molar-refractivity contribution in [2.75, 3.05) is 13.7 Å². The van der Waals surface area contributed by atoms with Crippen LogP contribution in [0.1, 0.15) is 5.56 Å². The SMILES string of the molecule is COc1ccc(/C=C\CO)cc1. The smallest absolute Gasteiger partial charge is 0.118 e. The van der Waals surface area contributed by atoms with E-state index in [1.165, 1.54) is 0 Å². The summed E-state index contributed by atoms with van der Waals surface area (Å²) in [7, 11) is 1.64. The summed E-state index contributed by atoms with van der Waals surface area (Å²) >= 11 is 0. The average Bonchev–Trinajstić information content (AvgIpc) is 2.15. The van der Waals surface area contributed by atoms with Gasteiger partial charge in [-0.2, -0.15) is 0 Å². The zero-order valence-electron chi connectivity index (χ0n) is 7.03. The van der Waals surface area contributed by atoms with Crippen molar-refractivity contribution in [2.45, 2.75) is 0 Å². The monoisotopic (exact) mass is 164 g/mol. The number of hydrogen-bond acceptors (Lipinski definition) is 2. The molecule has 0 heterocycles. The Morgan fingerprint density at radius 1 is 1.33 bits per heavy atom. The van der Waals surface area contributed by atoms with Gasteiger partial charge in [0, 0.05) is 0 Å². The standard InChI is InChI=1S/C10H12O2/c1-12-10-6-4-9(5-7-10)3-2-8-11/h2-7,11H,8H2,1H3/b3-2-. The number of benzene rings is 1. The molecule has 0 amide bonds. The number of aliphatic hydroxyl groups excluding tert-OH is 1. The molecule has 0 atom stereocenters. The lowest BCUT2D eigenvalue weighted by atomic mass is 10.2. The summed E-state index contributed by atoms with van der Waals surface area (Å²) < 4.78 is 5.00. The lowest BCUT2D eigenvalue weighted by molar-refractivity contribution is 0.343. The van der Waals surface area contributed by atoms with Crippen molar-refractivity contribution in [3.8, 4) is 5.75 Å². The van der Waals surface area contributed by atoms with Crippen LogP contribution in [-0.4, -0.2) is 18.8 Å². The Hall–Kier alpha value is -1.28. The van der Waals surface area contributed by atoms with E-state index in [9.17, 15) is 0 Å². The molecule has 0 unspecified atom stereocenters. The number of rotatable bonds is 3. The maximum atomic E-state index is 8.52. The van der Waals surface area contributed by atoms with Crippen LogP contribution >= 0.6 is 0 Å². The van der Waals surface area contributed by atoms with Crippen molar-refractivity contribution >= 4 is 6.08 Å². The summed E-state index contributed by atoms with van der Waals surface area (Å²) in [6.45, 7) is 0.0754. The second-order valence-electron chi connectivity index (χ2n) is 2.36. The summed E-state index contributed by atoms with van der Waals surface area (Å²) in [5, 5.41) is 8.52. The topological polar surface area (TPSA) is 29.5 Å². The second kappa shape index (κ2) is 4.57. The molecule has 64 valence electrons. The second-order valence-corrected chi connectivity index (χ2v) is 2.36. The van der Waals surface area contributed by atoms with E-state index >= 15 is 0 Å². The molecule has 0 bridgehead atoms. The van der Waals surface area contributed by atoms with Gasteiger partial charge in [0.05, 0.1) is 13.7 Å². The molecular weight excluding hydrogens is 152 g/mol. The van der Waals surface area contributed by atoms with Crippen molar-refractivity contribution < 1.29 is 9.84 Å². The molecule has 0 aromatic heterocycles. The summed E-state index contributed by atoms with van der Waals surface area (Å²) in [5.74, 6) is 0.844. The molecule has 0 aliphatic heterocycles. The first kappa shape index (κ1) is 8.81. The first-order chi connectivity index (χ1) is 5.86. The zero-order chi connectivity index (χ0) is 8.81. The highest BCUT2D eigenvalue weighted by atomic mass is 16.5. The quantitative estimate of drug-likeness (QED) is 0.736. The van der Waals surface area contributed by atoms with Crippen LogP contribution in [0.25, 0.3) is 6.08 Å². The maximum absolute atomic E-state index is 8.52. The minimum absolute atomic E-state index is 0.0754. The van der Waals surface area contributed by atoms with Crippen molar-refractivity contribution in [1.29, 1.82) is 0 Å². The Balaban J connectivity index is 2.71. The largest absolute Gasteiger partial charge is 0.497 e. The van der Waals surface area contributed by atoms with Gasteiger partial charge in [-0.15, -0.1) is 0 Å². The Labute approximate surface area is 72.1 Å². The minimum atomic E-state index is 0.0754. The summed E-state index contributed by atoms with van der Waals surface area (Å²) in [4.78, 5) is 0. The third kappa shape index (κ3) is 2.40. The molecule has 0 radical (unpaired) electrons. The molecule has 0 aliphatic carbocycles. The number of ether oxygens (including phenoxy) is 1. The number of methoxy groups -OCH3 is 1. The van der Waals surface area contributed by atoms with Gasteiger partial charge in [-0.3, -0.25) is 0 Å². The van der Waals surface area contributed by atoms with E-state index in [-0.39, 0.29) is 6.61 Å². The summed E-state index contributed by atoms with van der Waals surface area (Å²) in [6, 6.07) is 7.64. The molecular formula is C10H12O2. The van der Waals surface area contributed by atoms with Crippen LogP contribution in [0.2, 0.25) is 0 Å². The van der Waals surface area contributed by atoms with Gasteiger partial charge in [0.1, 0.15) is 5.75 Å². The number of hydrogen-bond donors (Lipinski definition) is 1. The molecule has 2 nitrogen and oxygen atoms in total. The molecule has 0 fully saturated rings. The van der Waals surface area contributed by atoms with Crippen molar-refractivity contribution in [3.63, 3.8) is 0 Å². The molecule has 0 saturated carbocycles. The van der Waals surface area contributed by atoms with E-state index in [4.69, 9.17) is 9.84 Å². The fourth-order valence-electron chi connectivity index (χ4n) is 0.904. The minimum Gasteiger partial charge on any atom is -0.497 e. The van der Waals surface area contributed by atoms with E-state index in [1.807, 2.05) is 30.3 Å². The van der Waals surface area contributed by atoms with Crippen LogP contribution in [0.5, 0.6) is 5.75 Å². The van der Waals surface area contributed by atoms with Gasteiger partial charge in [-0.25, -0.2) is 0 Å². The third-order valence-corrected chi connectivity index (χ3v) is 1.53. The zero-order valence-corrected chi connectivity index (χ0v) is 7.03. The molecule has 12 heavy (non-hydrogen) atoms. The molecule has 0 aliphatic rings. The van der Waals surface area contributed by atoms with Crippen molar-refractivity contribution in [3.05, 3.63) is 35.9 Å². The Morgan fingerprint density at radius 2 is 2.00 bits per heavy atom. The van der Waals surface area contributed by atoms with Crippen molar-refractivity contribution in [1.82, 2.24) is 0 Å². The van der Waals surface area contributed by atoms with Gasteiger partial charge < -0.3 is 9.84 Å². The average molecular weight is 164 g/mol. The molecule has 2 heteroatoms. The van der Waals surface area contributed by atoms with Gasteiger partial charge in [0.25, 0.3) is 0 Å². The first-order valence-electron chi connectivity index (χ1n) is 3.78. The molecule has 0 spiro atoms. The molecule has 1 N–H and O–H groups in total. The maximum Gasteiger partial charge on any atom is 0.118 e. The first-order valence-corrected chi connectivity index (χ1v) is 3.78. The summed E-state index contributed by atoms with van der Waals surface area (Å²) in [6.07, 6.45) is 3.56. The fourth-order valence-corrected chi connectivity index (χ4v) is 0.904. The van der Waals surface area contributed by atoms with E-state index in [2.05, 4.69) is 0 Å². The normalized spacial score (nSPS) is 10.5. The van der Waals surface area contributed by atoms with Crippen LogP contribution < -0.4 is 4.74 Å². The highest BCUT2D eigenvalue weighted by Gasteiger charge is 1.88. The van der Waals surface area contributed by atoms with Gasteiger partial charge >= 0.3 is 0 Å². The van der Waals surface area contributed by atoms with Gasteiger partial charge in [0.15, 0.2) is 0 Å². The predicted molar refractivity (Wildman–Crippen MR) is 49.1 cm³/mol. The van der Waals surface area contributed by atoms with Gasteiger partial charge in [-0.1, -0.05) is 24.3 Å². The van der Waals surface area contributed by atoms with Gasteiger partial charge in [-0.05, 0) is 17.7 Å². The molecule has 1 rings (SSSR count). The van der Waals surface area contributed by atoms with Crippen LogP contribution in [0.3, 0.4) is 0 Å². The molecule has 0 saturated heterocycles. The van der Waals surface area contributed by atoms with E-state index < -0.39 is 0 Å². The van der Waals surface area contributed by atoms with Crippen LogP contribution in [0.15, 0.2) is 30.3 Å². The lowest BCUT2D eigenvalue weighted by Gasteiger charge is -1.98. The Bertz CT molecular complexity index is 249. The van der Waals surface area contributed by atoms with Gasteiger partial charge in [0.2, 0.25) is 0 Å². The van der Waals surface area contributed by atoms with Crippen molar-refractivity contribution in [2.24, 2.45) is 0 Å². The van der Waals surface area contributed by atoms with E-state index in [0.717, 1.165) is 11.3 Å². The lowest BCUT2D eigenvalue weighted by Crippen LogP contribution is -1.81. The van der Waals surface area contributed by atoms with Crippen LogP contribution in [0, 0.1) is 0 Å². The fraction of sp³-hybridized carbons (Fsp3) is 0.200. The highest BCUT2D eigenvalue weighted by molar-refractivity contribution is 5.50. The predicted octanol–water partition coefficient (Wildman–Crippen LogP) is 1.70.